The van der Waals surface area contributed by atoms with Crippen LogP contribution in [0.4, 0.5) is 5.69 Å². The number of hydrogen-bond acceptors (Lipinski definition) is 2. The molecular weight excluding hydrogens is 260 g/mol. The van der Waals surface area contributed by atoms with Crippen molar-refractivity contribution in [2.75, 3.05) is 11.9 Å². The summed E-state index contributed by atoms with van der Waals surface area (Å²) in [4.78, 5) is 12.2. The van der Waals surface area contributed by atoms with Crippen LogP contribution in [0.2, 0.25) is 5.02 Å². The van der Waals surface area contributed by atoms with Crippen molar-refractivity contribution < 1.29 is 4.79 Å². The van der Waals surface area contributed by atoms with Crippen molar-refractivity contribution >= 4 is 23.2 Å². The van der Waals surface area contributed by atoms with Gasteiger partial charge in [-0.25, -0.2) is 0 Å². The molecule has 4 heteroatoms. The predicted octanol–water partition coefficient (Wildman–Crippen LogP) is 3.60. The average Bonchev–Trinajstić information content (AvgIpc) is 2.28. The topological polar surface area (TPSA) is 55.1 Å². The highest BCUT2D eigenvalue weighted by Gasteiger charge is 2.24. The van der Waals surface area contributed by atoms with Crippen molar-refractivity contribution in [2.45, 2.75) is 34.1 Å². The molecule has 0 aliphatic heterocycles. The van der Waals surface area contributed by atoms with E-state index in [9.17, 15) is 4.79 Å². The maximum Gasteiger partial charge on any atom is 0.228 e. The van der Waals surface area contributed by atoms with Gasteiger partial charge in [0.05, 0.1) is 16.6 Å². The number of carbonyl (C=O) groups is 1. The summed E-state index contributed by atoms with van der Waals surface area (Å²) >= 11 is 6.11. The Balaban J connectivity index is 2.77. The van der Waals surface area contributed by atoms with Gasteiger partial charge in [-0.05, 0) is 36.5 Å². The van der Waals surface area contributed by atoms with Crippen LogP contribution in [0.3, 0.4) is 0 Å². The maximum atomic E-state index is 12.2. The normalized spacial score (nSPS) is 13.2. The second kappa shape index (κ2) is 6.40. The molecule has 0 fully saturated rings. The first-order chi connectivity index (χ1) is 8.73. The maximum absolute atomic E-state index is 12.2. The first-order valence-electron chi connectivity index (χ1n) is 6.50. The molecule has 0 bridgehead atoms. The minimum Gasteiger partial charge on any atom is -0.330 e. The van der Waals surface area contributed by atoms with Crippen LogP contribution >= 0.6 is 11.6 Å². The Morgan fingerprint density at radius 3 is 2.53 bits per heavy atom. The van der Waals surface area contributed by atoms with E-state index < -0.39 is 0 Å². The van der Waals surface area contributed by atoms with Crippen LogP contribution in [0.1, 0.15) is 32.8 Å². The van der Waals surface area contributed by atoms with Crippen molar-refractivity contribution in [1.82, 2.24) is 0 Å². The summed E-state index contributed by atoms with van der Waals surface area (Å²) in [5.74, 6) is -0.263. The lowest BCUT2D eigenvalue weighted by molar-refractivity contribution is -0.120. The van der Waals surface area contributed by atoms with Crippen molar-refractivity contribution in [1.29, 1.82) is 0 Å². The minimum atomic E-state index is -0.197. The van der Waals surface area contributed by atoms with E-state index in [1.54, 1.807) is 0 Å². The zero-order chi connectivity index (χ0) is 14.6. The Hall–Kier alpha value is -1.06. The second-order valence-electron chi connectivity index (χ2n) is 6.17. The molecule has 1 aromatic rings. The van der Waals surface area contributed by atoms with Crippen LogP contribution in [-0.4, -0.2) is 12.5 Å². The van der Waals surface area contributed by atoms with E-state index >= 15 is 0 Å². The number of amides is 1. The monoisotopic (exact) mass is 282 g/mol. The van der Waals surface area contributed by atoms with Crippen molar-refractivity contribution in [2.24, 2.45) is 17.1 Å². The molecule has 1 rings (SSSR count). The zero-order valence-corrected chi connectivity index (χ0v) is 12.8. The summed E-state index contributed by atoms with van der Waals surface area (Å²) in [7, 11) is 0. The van der Waals surface area contributed by atoms with Crippen molar-refractivity contribution in [3.05, 3.63) is 28.8 Å². The highest BCUT2D eigenvalue weighted by molar-refractivity contribution is 6.33. The third-order valence-corrected chi connectivity index (χ3v) is 3.21. The Morgan fingerprint density at radius 2 is 2.05 bits per heavy atom. The molecule has 0 aliphatic rings. The number of nitrogens with two attached hydrogens (primary N) is 1. The van der Waals surface area contributed by atoms with Crippen LogP contribution < -0.4 is 11.1 Å². The van der Waals surface area contributed by atoms with Gasteiger partial charge in [-0.2, -0.15) is 0 Å². The number of aryl methyl sites for hydroxylation is 1. The summed E-state index contributed by atoms with van der Waals surface area (Å²) in [5.41, 5.74) is 7.48. The van der Waals surface area contributed by atoms with E-state index in [0.717, 1.165) is 12.0 Å². The third-order valence-electron chi connectivity index (χ3n) is 2.90. The van der Waals surface area contributed by atoms with E-state index in [0.29, 0.717) is 17.3 Å². The summed E-state index contributed by atoms with van der Waals surface area (Å²) in [6.07, 6.45) is 0.749. The summed E-state index contributed by atoms with van der Waals surface area (Å²) < 4.78 is 0. The molecule has 0 saturated carbocycles. The lowest BCUT2D eigenvalue weighted by Crippen LogP contribution is -2.32. The van der Waals surface area contributed by atoms with Crippen LogP contribution in [0.25, 0.3) is 0 Å². The number of anilines is 1. The number of hydrogen-bond donors (Lipinski definition) is 2. The molecule has 0 spiro atoms. The van der Waals surface area contributed by atoms with E-state index in [4.69, 9.17) is 17.3 Å². The largest absolute Gasteiger partial charge is 0.330 e. The first kappa shape index (κ1) is 16.0. The Labute approximate surface area is 120 Å². The average molecular weight is 283 g/mol. The Kier molecular flexibility index (Phi) is 5.39. The summed E-state index contributed by atoms with van der Waals surface area (Å²) in [6, 6.07) is 5.57. The molecule has 0 saturated heterocycles. The van der Waals surface area contributed by atoms with Gasteiger partial charge in [-0.1, -0.05) is 38.4 Å². The van der Waals surface area contributed by atoms with E-state index in [-0.39, 0.29) is 17.2 Å². The standard InChI is InChI=1S/C15H23ClN2O/c1-10-5-6-13(12(16)7-10)18-14(19)11(9-17)8-15(2,3)4/h5-7,11H,8-9,17H2,1-4H3,(H,18,19). The van der Waals surface area contributed by atoms with Crippen LogP contribution in [0, 0.1) is 18.3 Å². The molecule has 106 valence electrons. The van der Waals surface area contributed by atoms with Gasteiger partial charge >= 0.3 is 0 Å². The van der Waals surface area contributed by atoms with Gasteiger partial charge in [0.15, 0.2) is 0 Å². The molecular formula is C15H23ClN2O. The van der Waals surface area contributed by atoms with Gasteiger partial charge in [-0.15, -0.1) is 0 Å². The van der Waals surface area contributed by atoms with Gasteiger partial charge in [0, 0.05) is 6.54 Å². The lowest BCUT2D eigenvalue weighted by atomic mass is 9.84. The smallest absolute Gasteiger partial charge is 0.228 e. The predicted molar refractivity (Wildman–Crippen MR) is 81.4 cm³/mol. The highest BCUT2D eigenvalue weighted by Crippen LogP contribution is 2.27. The fourth-order valence-corrected chi connectivity index (χ4v) is 2.26. The van der Waals surface area contributed by atoms with Gasteiger partial charge < -0.3 is 11.1 Å². The zero-order valence-electron chi connectivity index (χ0n) is 12.1. The molecule has 0 heterocycles. The molecule has 1 amide bonds. The van der Waals surface area contributed by atoms with Crippen LogP contribution in [0.5, 0.6) is 0 Å². The van der Waals surface area contributed by atoms with Gasteiger partial charge in [0.2, 0.25) is 5.91 Å². The number of halogens is 1. The Bertz CT molecular complexity index is 452. The number of nitrogens with one attached hydrogen (secondary N) is 1. The molecule has 0 radical (unpaired) electrons. The fraction of sp³-hybridized carbons (Fsp3) is 0.533. The quantitative estimate of drug-likeness (QED) is 0.886. The van der Waals surface area contributed by atoms with E-state index in [1.807, 2.05) is 25.1 Å². The molecule has 0 aromatic heterocycles. The van der Waals surface area contributed by atoms with Crippen molar-refractivity contribution in [3.8, 4) is 0 Å². The van der Waals surface area contributed by atoms with Gasteiger partial charge in [0.1, 0.15) is 0 Å². The van der Waals surface area contributed by atoms with E-state index in [1.165, 1.54) is 0 Å². The lowest BCUT2D eigenvalue weighted by Gasteiger charge is -2.24. The second-order valence-corrected chi connectivity index (χ2v) is 6.58. The minimum absolute atomic E-state index is 0.0665. The number of rotatable bonds is 4. The highest BCUT2D eigenvalue weighted by atomic mass is 35.5. The number of benzene rings is 1. The van der Waals surface area contributed by atoms with E-state index in [2.05, 4.69) is 26.1 Å². The van der Waals surface area contributed by atoms with Crippen molar-refractivity contribution in [3.63, 3.8) is 0 Å². The molecule has 1 aromatic carbocycles. The SMILES string of the molecule is Cc1ccc(NC(=O)C(CN)CC(C)(C)C)c(Cl)c1. The molecule has 3 nitrogen and oxygen atoms in total. The third kappa shape index (κ3) is 5.21. The Morgan fingerprint density at radius 1 is 1.42 bits per heavy atom. The fourth-order valence-electron chi connectivity index (χ4n) is 1.98. The molecule has 3 N–H and O–H groups in total. The van der Waals surface area contributed by atoms with Crippen LogP contribution in [-0.2, 0) is 4.79 Å². The van der Waals surface area contributed by atoms with Gasteiger partial charge in [-0.3, -0.25) is 4.79 Å². The molecule has 1 atom stereocenters. The molecule has 19 heavy (non-hydrogen) atoms. The molecule has 0 aliphatic carbocycles. The van der Waals surface area contributed by atoms with Crippen LogP contribution in [0.15, 0.2) is 18.2 Å². The summed E-state index contributed by atoms with van der Waals surface area (Å²) in [5, 5.41) is 3.42. The number of carbonyl (C=O) groups excluding carboxylic acids is 1. The summed E-state index contributed by atoms with van der Waals surface area (Å²) in [6.45, 7) is 8.59. The van der Waals surface area contributed by atoms with Gasteiger partial charge in [0.25, 0.3) is 0 Å². The first-order valence-corrected chi connectivity index (χ1v) is 6.88. The molecule has 1 unspecified atom stereocenters.